The van der Waals surface area contributed by atoms with Crippen molar-refractivity contribution < 1.29 is 32.6 Å². The van der Waals surface area contributed by atoms with Crippen molar-refractivity contribution in [1.82, 2.24) is 9.62 Å². The molecule has 0 bridgehead atoms. The number of carbonyl (C=O) groups is 2. The van der Waals surface area contributed by atoms with Gasteiger partial charge in [0.25, 0.3) is 6.47 Å². The van der Waals surface area contributed by atoms with Crippen LogP contribution in [0.4, 0.5) is 0 Å². The molecule has 29 heavy (non-hydrogen) atoms. The van der Waals surface area contributed by atoms with Crippen molar-refractivity contribution in [3.05, 3.63) is 29.8 Å². The van der Waals surface area contributed by atoms with E-state index in [9.17, 15) is 13.2 Å². The van der Waals surface area contributed by atoms with E-state index >= 15 is 0 Å². The number of ether oxygens (including phenoxy) is 2. The molecule has 10 heteroatoms. The first-order valence-electron chi connectivity index (χ1n) is 9.52. The molecule has 0 aromatic heterocycles. The average Bonchev–Trinajstić information content (AvgIpc) is 3.48. The largest absolute Gasteiger partial charge is 0.483 e. The van der Waals surface area contributed by atoms with E-state index in [4.69, 9.17) is 19.4 Å². The van der Waals surface area contributed by atoms with Gasteiger partial charge >= 0.3 is 5.97 Å². The highest BCUT2D eigenvalue weighted by molar-refractivity contribution is 7.89. The molecule has 3 aliphatic rings. The molecule has 3 fully saturated rings. The maximum atomic E-state index is 12.8. The van der Waals surface area contributed by atoms with Crippen LogP contribution < -0.4 is 4.72 Å². The van der Waals surface area contributed by atoms with Gasteiger partial charge < -0.3 is 14.6 Å². The van der Waals surface area contributed by atoms with Gasteiger partial charge in [0.15, 0.2) is 0 Å². The molecule has 1 aliphatic carbocycles. The third-order valence-corrected chi connectivity index (χ3v) is 7.08. The molecule has 2 heterocycles. The Balaban J connectivity index is 0.000000755. The molecular weight excluding hydrogens is 400 g/mol. The molecule has 0 unspecified atom stereocenters. The van der Waals surface area contributed by atoms with Gasteiger partial charge in [0.1, 0.15) is 0 Å². The number of hydrogen-bond acceptors (Lipinski definition) is 7. The number of benzene rings is 1. The minimum Gasteiger partial charge on any atom is -0.483 e. The SMILES string of the molecule is COC(=O)c1ccccc1S(=O)(=O)N[C@H]1C[C@H]2CO[C@@H](C3CC3)CN2C1.O=CO. The number of nitrogens with zero attached hydrogens (tertiary/aromatic N) is 1. The third-order valence-electron chi connectivity index (χ3n) is 5.50. The van der Waals surface area contributed by atoms with E-state index in [-0.39, 0.29) is 29.0 Å². The molecule has 1 aromatic rings. The Labute approximate surface area is 170 Å². The van der Waals surface area contributed by atoms with E-state index < -0.39 is 16.0 Å². The molecule has 4 rings (SSSR count). The lowest BCUT2D eigenvalue weighted by Crippen LogP contribution is -2.47. The van der Waals surface area contributed by atoms with E-state index in [1.807, 2.05) is 0 Å². The Morgan fingerprint density at radius 2 is 2.00 bits per heavy atom. The molecule has 9 nitrogen and oxygen atoms in total. The van der Waals surface area contributed by atoms with Crippen LogP contribution in [0.2, 0.25) is 0 Å². The molecular formula is C19H26N2O7S. The van der Waals surface area contributed by atoms with Gasteiger partial charge in [0, 0.05) is 25.2 Å². The van der Waals surface area contributed by atoms with Gasteiger partial charge in [-0.1, -0.05) is 12.1 Å². The summed E-state index contributed by atoms with van der Waals surface area (Å²) >= 11 is 0. The average molecular weight is 426 g/mol. The summed E-state index contributed by atoms with van der Waals surface area (Å²) in [4.78, 5) is 22.6. The van der Waals surface area contributed by atoms with Gasteiger partial charge in [-0.25, -0.2) is 17.9 Å². The van der Waals surface area contributed by atoms with Crippen LogP contribution in [0.5, 0.6) is 0 Å². The van der Waals surface area contributed by atoms with Crippen LogP contribution in [0.25, 0.3) is 0 Å². The molecule has 1 aromatic carbocycles. The smallest absolute Gasteiger partial charge is 0.339 e. The first-order chi connectivity index (χ1) is 13.9. The fraction of sp³-hybridized carbons (Fsp3) is 0.579. The number of rotatable bonds is 5. The Morgan fingerprint density at radius 3 is 2.66 bits per heavy atom. The zero-order valence-corrected chi connectivity index (χ0v) is 17.0. The first kappa shape index (κ1) is 21.7. The Morgan fingerprint density at radius 1 is 1.31 bits per heavy atom. The molecule has 2 aliphatic heterocycles. The van der Waals surface area contributed by atoms with Crippen LogP contribution in [-0.4, -0.2) is 75.9 Å². The van der Waals surface area contributed by atoms with E-state index in [2.05, 4.69) is 9.62 Å². The summed E-state index contributed by atoms with van der Waals surface area (Å²) in [5.74, 6) is 0.0223. The van der Waals surface area contributed by atoms with E-state index in [0.29, 0.717) is 25.2 Å². The lowest BCUT2D eigenvalue weighted by Gasteiger charge is -2.35. The second-order valence-electron chi connectivity index (χ2n) is 7.46. The topological polar surface area (TPSA) is 122 Å². The zero-order chi connectivity index (χ0) is 21.0. The number of nitrogens with one attached hydrogen (secondary N) is 1. The lowest BCUT2D eigenvalue weighted by molar-refractivity contribution is -0.122. The van der Waals surface area contributed by atoms with Crippen LogP contribution in [0.3, 0.4) is 0 Å². The molecule has 1 saturated carbocycles. The molecule has 3 atom stereocenters. The van der Waals surface area contributed by atoms with Crippen molar-refractivity contribution in [2.45, 2.75) is 42.3 Å². The number of hydrogen-bond donors (Lipinski definition) is 2. The van der Waals surface area contributed by atoms with Crippen molar-refractivity contribution in [3.8, 4) is 0 Å². The maximum absolute atomic E-state index is 12.8. The van der Waals surface area contributed by atoms with Crippen molar-refractivity contribution in [2.75, 3.05) is 26.8 Å². The summed E-state index contributed by atoms with van der Waals surface area (Å²) in [7, 11) is -2.57. The standard InChI is InChI=1S/C18H24N2O5S.CH2O2/c1-24-18(21)15-4-2-3-5-17(15)26(22,23)19-13-8-14-11-25-16(12-6-7-12)10-20(14)9-13;2-1-3/h2-5,12-14,16,19H,6-11H2,1H3;1H,(H,2,3)/t13-,14-,16+;/m0./s1. The zero-order valence-electron chi connectivity index (χ0n) is 16.2. The summed E-state index contributed by atoms with van der Waals surface area (Å²) in [6.45, 7) is 1.97. The van der Waals surface area contributed by atoms with Gasteiger partial charge in [-0.3, -0.25) is 9.69 Å². The highest BCUT2D eigenvalue weighted by Crippen LogP contribution is 2.38. The highest BCUT2D eigenvalue weighted by atomic mass is 32.2. The van der Waals surface area contributed by atoms with E-state index in [0.717, 1.165) is 13.0 Å². The summed E-state index contributed by atoms with van der Waals surface area (Å²) in [6, 6.07) is 6.20. The monoisotopic (exact) mass is 426 g/mol. The summed E-state index contributed by atoms with van der Waals surface area (Å²) in [6.07, 6.45) is 3.49. The normalized spacial score (nSPS) is 26.7. The van der Waals surface area contributed by atoms with Gasteiger partial charge in [0.05, 0.1) is 30.3 Å². The Hall–Kier alpha value is -2.01. The number of morpholine rings is 1. The molecule has 0 spiro atoms. The lowest BCUT2D eigenvalue weighted by atomic mass is 10.1. The predicted octanol–water partition coefficient (Wildman–Crippen LogP) is 0.704. The van der Waals surface area contributed by atoms with Crippen LogP contribution in [0.1, 0.15) is 29.6 Å². The van der Waals surface area contributed by atoms with Crippen molar-refractivity contribution in [2.24, 2.45) is 5.92 Å². The van der Waals surface area contributed by atoms with Gasteiger partial charge in [-0.2, -0.15) is 0 Å². The summed E-state index contributed by atoms with van der Waals surface area (Å²) in [5.41, 5.74) is 0.0513. The Kier molecular flexibility index (Phi) is 6.89. The molecule has 160 valence electrons. The molecule has 0 radical (unpaired) electrons. The van der Waals surface area contributed by atoms with Crippen molar-refractivity contribution in [1.29, 1.82) is 0 Å². The number of methoxy groups -OCH3 is 1. The molecule has 2 N–H and O–H groups in total. The second kappa shape index (κ2) is 9.21. The minimum atomic E-state index is -3.81. The van der Waals surface area contributed by atoms with Crippen molar-refractivity contribution in [3.63, 3.8) is 0 Å². The number of sulfonamides is 1. The minimum absolute atomic E-state index is 0.0381. The van der Waals surface area contributed by atoms with Gasteiger partial charge in [0.2, 0.25) is 10.0 Å². The first-order valence-corrected chi connectivity index (χ1v) is 11.0. The fourth-order valence-corrected chi connectivity index (χ4v) is 5.44. The number of carboxylic acid groups (broad SMARTS) is 1. The Bertz CT molecular complexity index is 841. The quantitative estimate of drug-likeness (QED) is 0.521. The number of carbonyl (C=O) groups excluding carboxylic acids is 1. The fourth-order valence-electron chi connectivity index (χ4n) is 4.00. The van der Waals surface area contributed by atoms with Crippen molar-refractivity contribution >= 4 is 22.5 Å². The maximum Gasteiger partial charge on any atom is 0.339 e. The second-order valence-corrected chi connectivity index (χ2v) is 9.15. The summed E-state index contributed by atoms with van der Waals surface area (Å²) in [5, 5.41) is 6.89. The van der Waals surface area contributed by atoms with E-state index in [1.165, 1.54) is 32.1 Å². The van der Waals surface area contributed by atoms with Crippen LogP contribution in [-0.2, 0) is 24.3 Å². The van der Waals surface area contributed by atoms with Crippen LogP contribution in [0.15, 0.2) is 29.2 Å². The molecule has 0 amide bonds. The highest BCUT2D eigenvalue weighted by Gasteiger charge is 2.43. The molecule has 2 saturated heterocycles. The number of esters is 1. The van der Waals surface area contributed by atoms with E-state index in [1.54, 1.807) is 12.1 Å². The van der Waals surface area contributed by atoms with Crippen LogP contribution >= 0.6 is 0 Å². The van der Waals surface area contributed by atoms with Gasteiger partial charge in [-0.05, 0) is 37.3 Å². The number of fused-ring (bicyclic) bond motifs is 1. The third kappa shape index (κ3) is 5.13. The summed E-state index contributed by atoms with van der Waals surface area (Å²) < 4.78 is 39.1. The van der Waals surface area contributed by atoms with Gasteiger partial charge in [-0.15, -0.1) is 0 Å². The predicted molar refractivity (Wildman–Crippen MR) is 103 cm³/mol. The van der Waals surface area contributed by atoms with Crippen LogP contribution in [0, 0.1) is 5.92 Å².